The molecule has 0 bridgehead atoms. The fraction of sp³-hybridized carbons (Fsp3) is 0. The van der Waals surface area contributed by atoms with Crippen LogP contribution in [-0.2, 0) is 0 Å². The normalized spacial score (nSPS) is 11.3. The van der Waals surface area contributed by atoms with Gasteiger partial charge in [0.05, 0.1) is 22.8 Å². The largest absolute Gasteiger partial charge is 0.309 e. The molecule has 0 aliphatic carbocycles. The van der Waals surface area contributed by atoms with E-state index in [1.165, 1.54) is 88.3 Å². The highest BCUT2D eigenvalue weighted by Gasteiger charge is 2.20. The first-order valence-electron chi connectivity index (χ1n) is 24.7. The predicted molar refractivity (Wildman–Crippen MR) is 304 cm³/mol. The zero-order valence-electron chi connectivity index (χ0n) is 39.6. The van der Waals surface area contributed by atoms with Crippen LogP contribution in [0.15, 0.2) is 291 Å². The lowest BCUT2D eigenvalue weighted by molar-refractivity contribution is 1.09. The van der Waals surface area contributed by atoms with Crippen LogP contribution < -0.4 is 0 Å². The predicted octanol–water partition coefficient (Wildman–Crippen LogP) is 18.9. The SMILES string of the molecule is c1ccc(-c2c3ccc(-c4ccc(-n5c(-c6ccccc6)ccc5-c5ccccc5)cc4)cc3c(-c3ccccc3)c3ccc(-c4ccc(-n5c(-c6ccccc6)ccc5-c5ccccc5)cc4)cc23)cc1. The third-order valence-electron chi connectivity index (χ3n) is 14.2. The molecule has 13 rings (SSSR count). The average Bonchev–Trinajstić information content (AvgIpc) is 4.12. The van der Waals surface area contributed by atoms with Gasteiger partial charge in [-0.1, -0.05) is 231 Å². The van der Waals surface area contributed by atoms with Gasteiger partial charge in [-0.3, -0.25) is 0 Å². The number of benzene rings is 11. The van der Waals surface area contributed by atoms with Crippen LogP contribution >= 0.6 is 0 Å². The van der Waals surface area contributed by atoms with E-state index in [4.69, 9.17) is 0 Å². The van der Waals surface area contributed by atoms with Gasteiger partial charge in [0.2, 0.25) is 0 Å². The smallest absolute Gasteiger partial charge is 0.0535 e. The monoisotopic (exact) mass is 916 g/mol. The van der Waals surface area contributed by atoms with Crippen molar-refractivity contribution in [2.24, 2.45) is 0 Å². The second-order valence-electron chi connectivity index (χ2n) is 18.4. The summed E-state index contributed by atoms with van der Waals surface area (Å²) in [6.07, 6.45) is 0. The molecule has 0 spiro atoms. The average molecular weight is 917 g/mol. The number of hydrogen-bond acceptors (Lipinski definition) is 0. The summed E-state index contributed by atoms with van der Waals surface area (Å²) in [6.45, 7) is 0. The topological polar surface area (TPSA) is 9.86 Å². The minimum atomic E-state index is 1.12. The lowest BCUT2D eigenvalue weighted by atomic mass is 9.84. The number of aromatic nitrogens is 2. The van der Waals surface area contributed by atoms with Gasteiger partial charge >= 0.3 is 0 Å². The summed E-state index contributed by atoms with van der Waals surface area (Å²) in [5.74, 6) is 0. The van der Waals surface area contributed by atoms with Crippen molar-refractivity contribution in [1.82, 2.24) is 9.13 Å². The van der Waals surface area contributed by atoms with Gasteiger partial charge in [0.15, 0.2) is 0 Å². The van der Waals surface area contributed by atoms with Crippen molar-refractivity contribution in [2.75, 3.05) is 0 Å². The Labute approximate surface area is 420 Å². The van der Waals surface area contributed by atoms with E-state index in [9.17, 15) is 0 Å². The summed E-state index contributed by atoms with van der Waals surface area (Å²) in [5.41, 5.74) is 21.2. The molecule has 2 nitrogen and oxygen atoms in total. The fourth-order valence-electron chi connectivity index (χ4n) is 10.8. The Hall–Kier alpha value is -9.50. The first-order valence-corrected chi connectivity index (χ1v) is 24.7. The van der Waals surface area contributed by atoms with Gasteiger partial charge in [0.1, 0.15) is 0 Å². The first-order chi connectivity index (χ1) is 35.7. The van der Waals surface area contributed by atoms with E-state index in [0.717, 1.165) is 34.2 Å². The van der Waals surface area contributed by atoms with E-state index >= 15 is 0 Å². The summed E-state index contributed by atoms with van der Waals surface area (Å²) in [5, 5.41) is 4.90. The van der Waals surface area contributed by atoms with E-state index in [2.05, 4.69) is 300 Å². The van der Waals surface area contributed by atoms with Gasteiger partial charge < -0.3 is 9.13 Å². The molecule has 0 aliphatic heterocycles. The maximum Gasteiger partial charge on any atom is 0.0535 e. The molecule has 0 atom stereocenters. The molecule has 338 valence electrons. The molecule has 0 saturated heterocycles. The molecular formula is C70H48N2. The van der Waals surface area contributed by atoms with Gasteiger partial charge in [-0.15, -0.1) is 0 Å². The van der Waals surface area contributed by atoms with Gasteiger partial charge in [0, 0.05) is 11.4 Å². The standard InChI is InChI=1S/C70H48N2/c1-7-19-51(20-8-1)65-43-44-66(52-21-9-2-10-22-52)71(65)59-37-31-49(32-38-59)57-35-41-61-63(47-57)69(55-27-15-5-16-28-55)62-42-36-58(48-64(62)70(61)56-29-17-6-18-30-56)50-33-39-60(40-34-50)72-67(53-23-11-3-12-24-53)45-46-68(72)54-25-13-4-14-26-54/h1-48H. The summed E-state index contributed by atoms with van der Waals surface area (Å²) >= 11 is 0. The molecule has 11 aromatic carbocycles. The van der Waals surface area contributed by atoms with Crippen LogP contribution in [-0.4, -0.2) is 9.13 Å². The van der Waals surface area contributed by atoms with Crippen LogP contribution in [0.5, 0.6) is 0 Å². The Morgan fingerprint density at radius 1 is 0.167 bits per heavy atom. The zero-order valence-corrected chi connectivity index (χ0v) is 39.6. The molecule has 0 N–H and O–H groups in total. The minimum Gasteiger partial charge on any atom is -0.309 e. The maximum atomic E-state index is 2.42. The van der Waals surface area contributed by atoms with E-state index in [0.29, 0.717) is 0 Å². The van der Waals surface area contributed by atoms with E-state index in [1.54, 1.807) is 0 Å². The molecule has 2 aromatic heterocycles. The third-order valence-corrected chi connectivity index (χ3v) is 14.2. The van der Waals surface area contributed by atoms with E-state index in [-0.39, 0.29) is 0 Å². The molecule has 72 heavy (non-hydrogen) atoms. The molecule has 0 unspecified atom stereocenters. The van der Waals surface area contributed by atoms with Crippen molar-refractivity contribution in [1.29, 1.82) is 0 Å². The maximum absolute atomic E-state index is 2.42. The number of nitrogens with zero attached hydrogens (tertiary/aromatic N) is 2. The highest BCUT2D eigenvalue weighted by Crippen LogP contribution is 2.46. The third kappa shape index (κ3) is 7.73. The quantitative estimate of drug-likeness (QED) is 0.121. The van der Waals surface area contributed by atoms with Crippen LogP contribution in [0.2, 0.25) is 0 Å². The van der Waals surface area contributed by atoms with Crippen LogP contribution in [0.1, 0.15) is 0 Å². The van der Waals surface area contributed by atoms with E-state index in [1.807, 2.05) is 0 Å². The molecule has 13 aromatic rings. The Morgan fingerprint density at radius 3 is 0.694 bits per heavy atom. The van der Waals surface area contributed by atoms with Crippen molar-refractivity contribution in [3.8, 4) is 101 Å². The molecule has 0 saturated carbocycles. The number of rotatable bonds is 10. The van der Waals surface area contributed by atoms with E-state index < -0.39 is 0 Å². The molecule has 0 aliphatic rings. The second-order valence-corrected chi connectivity index (χ2v) is 18.4. The molecular weight excluding hydrogens is 869 g/mol. The Balaban J connectivity index is 0.943. The Kier molecular flexibility index (Phi) is 10.9. The van der Waals surface area contributed by atoms with Crippen LogP contribution in [0, 0.1) is 0 Å². The summed E-state index contributed by atoms with van der Waals surface area (Å²) in [6, 6.07) is 106. The minimum absolute atomic E-state index is 1.12. The molecule has 0 fully saturated rings. The van der Waals surface area contributed by atoms with Crippen molar-refractivity contribution in [3.05, 3.63) is 291 Å². The molecule has 2 heteroatoms. The molecule has 0 amide bonds. The van der Waals surface area contributed by atoms with Gasteiger partial charge in [-0.2, -0.15) is 0 Å². The number of fused-ring (bicyclic) bond motifs is 2. The molecule has 2 heterocycles. The zero-order chi connectivity index (χ0) is 47.8. The highest BCUT2D eigenvalue weighted by molar-refractivity contribution is 6.22. The van der Waals surface area contributed by atoms with Crippen molar-refractivity contribution < 1.29 is 0 Å². The Morgan fingerprint density at radius 2 is 0.417 bits per heavy atom. The lowest BCUT2D eigenvalue weighted by Crippen LogP contribution is -1.99. The van der Waals surface area contributed by atoms with Gasteiger partial charge in [-0.25, -0.2) is 0 Å². The van der Waals surface area contributed by atoms with Crippen molar-refractivity contribution in [2.45, 2.75) is 0 Å². The second kappa shape index (κ2) is 18.4. The lowest BCUT2D eigenvalue weighted by Gasteiger charge is -2.20. The molecule has 0 radical (unpaired) electrons. The van der Waals surface area contributed by atoms with Gasteiger partial charge in [0.25, 0.3) is 0 Å². The first kappa shape index (κ1) is 42.6. The van der Waals surface area contributed by atoms with Crippen LogP contribution in [0.3, 0.4) is 0 Å². The summed E-state index contributed by atoms with van der Waals surface area (Å²) in [7, 11) is 0. The van der Waals surface area contributed by atoms with Crippen LogP contribution in [0.4, 0.5) is 0 Å². The summed E-state index contributed by atoms with van der Waals surface area (Å²) < 4.78 is 4.77. The Bertz CT molecular complexity index is 3620. The summed E-state index contributed by atoms with van der Waals surface area (Å²) in [4.78, 5) is 0. The number of hydrogen-bond donors (Lipinski definition) is 0. The highest BCUT2D eigenvalue weighted by atomic mass is 15.0. The fourth-order valence-corrected chi connectivity index (χ4v) is 10.8. The van der Waals surface area contributed by atoms with Crippen LogP contribution in [0.25, 0.3) is 122 Å². The van der Waals surface area contributed by atoms with Crippen molar-refractivity contribution in [3.63, 3.8) is 0 Å². The van der Waals surface area contributed by atoms with Gasteiger partial charge in [-0.05, 0) is 149 Å². The van der Waals surface area contributed by atoms with Crippen molar-refractivity contribution >= 4 is 21.5 Å².